The van der Waals surface area contributed by atoms with E-state index >= 15 is 0 Å². The van der Waals surface area contributed by atoms with Crippen molar-refractivity contribution in [1.29, 1.82) is 0 Å². The largest absolute Gasteiger partial charge is 0.486 e. The highest BCUT2D eigenvalue weighted by Gasteiger charge is 2.08. The zero-order chi connectivity index (χ0) is 16.1. The number of halogens is 2. The Morgan fingerprint density at radius 1 is 1.14 bits per heavy atom. The van der Waals surface area contributed by atoms with Gasteiger partial charge in [-0.25, -0.2) is 0 Å². The molecule has 2 aromatic rings. The molecule has 0 spiro atoms. The lowest BCUT2D eigenvalue weighted by molar-refractivity contribution is 0.363. The first kappa shape index (κ1) is 16.6. The van der Waals surface area contributed by atoms with E-state index in [1.165, 1.54) is 5.56 Å². The van der Waals surface area contributed by atoms with Crippen LogP contribution in [0.3, 0.4) is 0 Å². The maximum absolute atomic E-state index is 6.20. The average Bonchev–Trinajstić information content (AvgIpc) is 2.45. The number of benzene rings is 2. The Balaban J connectivity index is 2.26. The van der Waals surface area contributed by atoms with Crippen LogP contribution in [0.2, 0.25) is 10.0 Å². The maximum Gasteiger partial charge on any atom is 0.156 e. The topological polar surface area (TPSA) is 21.6 Å². The van der Waals surface area contributed by atoms with Gasteiger partial charge in [0, 0.05) is 6.21 Å². The molecule has 0 amide bonds. The predicted octanol–water partition coefficient (Wildman–Crippen LogP) is 5.93. The molecule has 0 aromatic heterocycles. The summed E-state index contributed by atoms with van der Waals surface area (Å²) in [4.78, 5) is 4.49. The summed E-state index contributed by atoms with van der Waals surface area (Å²) in [5.41, 5.74) is 4.08. The standard InChI is InChI=1S/C18H17Cl2NO/c1-4-7-22-18-15(19)9-14(10-16(18)20)11-21-17-6-5-12(2)8-13(17)3/h4-6,8-11H,1,7H2,2-3H3. The van der Waals surface area contributed by atoms with Gasteiger partial charge in [-0.2, -0.15) is 0 Å². The average molecular weight is 334 g/mol. The van der Waals surface area contributed by atoms with Crippen molar-refractivity contribution < 1.29 is 4.74 Å². The second kappa shape index (κ2) is 7.48. The van der Waals surface area contributed by atoms with E-state index in [0.717, 1.165) is 16.8 Å². The van der Waals surface area contributed by atoms with Crippen LogP contribution >= 0.6 is 23.2 Å². The molecule has 0 bridgehead atoms. The second-order valence-electron chi connectivity index (χ2n) is 4.96. The van der Waals surface area contributed by atoms with Crippen LogP contribution in [0, 0.1) is 13.8 Å². The van der Waals surface area contributed by atoms with Crippen LogP contribution < -0.4 is 4.74 Å². The summed E-state index contributed by atoms with van der Waals surface area (Å²) in [6.45, 7) is 8.05. The van der Waals surface area contributed by atoms with Crippen molar-refractivity contribution in [3.05, 3.63) is 69.7 Å². The molecule has 0 saturated heterocycles. The SMILES string of the molecule is C=CCOc1c(Cl)cc(C=Nc2ccc(C)cc2C)cc1Cl. The van der Waals surface area contributed by atoms with E-state index in [1.807, 2.05) is 19.1 Å². The fraction of sp³-hybridized carbons (Fsp3) is 0.167. The van der Waals surface area contributed by atoms with Crippen molar-refractivity contribution in [1.82, 2.24) is 0 Å². The first-order chi connectivity index (χ1) is 10.5. The third kappa shape index (κ3) is 4.12. The van der Waals surface area contributed by atoms with Gasteiger partial charge in [0.05, 0.1) is 15.7 Å². The van der Waals surface area contributed by atoms with Crippen molar-refractivity contribution >= 4 is 35.1 Å². The fourth-order valence-electron chi connectivity index (χ4n) is 2.03. The normalized spacial score (nSPS) is 10.9. The highest BCUT2D eigenvalue weighted by molar-refractivity contribution is 6.37. The van der Waals surface area contributed by atoms with Crippen LogP contribution in [0.25, 0.3) is 0 Å². The van der Waals surface area contributed by atoms with E-state index in [9.17, 15) is 0 Å². The molecule has 0 unspecified atom stereocenters. The molecule has 4 heteroatoms. The zero-order valence-corrected chi connectivity index (χ0v) is 14.1. The van der Waals surface area contributed by atoms with Crippen molar-refractivity contribution in [3.63, 3.8) is 0 Å². The predicted molar refractivity (Wildman–Crippen MR) is 95.3 cm³/mol. The Morgan fingerprint density at radius 2 is 1.82 bits per heavy atom. The number of hydrogen-bond acceptors (Lipinski definition) is 2. The molecular formula is C18H17Cl2NO. The number of ether oxygens (including phenoxy) is 1. The van der Waals surface area contributed by atoms with E-state index in [0.29, 0.717) is 22.4 Å². The summed E-state index contributed by atoms with van der Waals surface area (Å²) in [5.74, 6) is 0.465. The molecule has 0 aliphatic rings. The molecule has 0 N–H and O–H groups in total. The van der Waals surface area contributed by atoms with Gasteiger partial charge in [-0.15, -0.1) is 0 Å². The Hall–Kier alpha value is -1.77. The summed E-state index contributed by atoms with van der Waals surface area (Å²) in [5, 5.41) is 0.910. The third-order valence-electron chi connectivity index (χ3n) is 3.07. The Morgan fingerprint density at radius 3 is 2.41 bits per heavy atom. The quantitative estimate of drug-likeness (QED) is 0.491. The van der Waals surface area contributed by atoms with Gasteiger partial charge in [-0.3, -0.25) is 4.99 Å². The van der Waals surface area contributed by atoms with E-state index in [4.69, 9.17) is 27.9 Å². The Bertz CT molecular complexity index is 700. The summed E-state index contributed by atoms with van der Waals surface area (Å²) < 4.78 is 5.44. The van der Waals surface area contributed by atoms with Gasteiger partial charge in [0.15, 0.2) is 5.75 Å². The van der Waals surface area contributed by atoms with Crippen LogP contribution in [-0.2, 0) is 0 Å². The molecule has 114 valence electrons. The van der Waals surface area contributed by atoms with Gasteiger partial charge in [0.25, 0.3) is 0 Å². The summed E-state index contributed by atoms with van der Waals surface area (Å²) in [7, 11) is 0. The van der Waals surface area contributed by atoms with E-state index in [1.54, 1.807) is 24.4 Å². The van der Waals surface area contributed by atoms with Gasteiger partial charge in [0.1, 0.15) is 6.61 Å². The zero-order valence-electron chi connectivity index (χ0n) is 12.6. The lowest BCUT2D eigenvalue weighted by atomic mass is 10.1. The number of hydrogen-bond donors (Lipinski definition) is 0. The van der Waals surface area contributed by atoms with Gasteiger partial charge in [0.2, 0.25) is 0 Å². The van der Waals surface area contributed by atoms with Gasteiger partial charge in [-0.1, -0.05) is 53.6 Å². The Kier molecular flexibility index (Phi) is 5.64. The van der Waals surface area contributed by atoms with Crippen LogP contribution in [0.1, 0.15) is 16.7 Å². The van der Waals surface area contributed by atoms with E-state index in [2.05, 4.69) is 24.6 Å². The molecular weight excluding hydrogens is 317 g/mol. The van der Waals surface area contributed by atoms with Crippen molar-refractivity contribution in [3.8, 4) is 5.75 Å². The number of nitrogens with zero attached hydrogens (tertiary/aromatic N) is 1. The first-order valence-corrected chi connectivity index (χ1v) is 7.61. The molecule has 0 heterocycles. The van der Waals surface area contributed by atoms with E-state index < -0.39 is 0 Å². The molecule has 22 heavy (non-hydrogen) atoms. The summed E-state index contributed by atoms with van der Waals surface area (Å²) in [6.07, 6.45) is 3.38. The van der Waals surface area contributed by atoms with Gasteiger partial charge in [-0.05, 0) is 43.2 Å². The minimum Gasteiger partial charge on any atom is -0.486 e. The van der Waals surface area contributed by atoms with Crippen LogP contribution in [0.5, 0.6) is 5.75 Å². The number of aliphatic imine (C=N–C) groups is 1. The van der Waals surface area contributed by atoms with Gasteiger partial charge < -0.3 is 4.74 Å². The maximum atomic E-state index is 6.20. The number of rotatable bonds is 5. The molecule has 2 rings (SSSR count). The molecule has 0 aliphatic carbocycles. The summed E-state index contributed by atoms with van der Waals surface area (Å²) in [6, 6.07) is 9.68. The minimum absolute atomic E-state index is 0.357. The third-order valence-corrected chi connectivity index (χ3v) is 3.63. The van der Waals surface area contributed by atoms with Gasteiger partial charge >= 0.3 is 0 Å². The lowest BCUT2D eigenvalue weighted by Crippen LogP contribution is -1.95. The summed E-state index contributed by atoms with van der Waals surface area (Å²) >= 11 is 12.4. The Labute approximate surface area is 141 Å². The highest BCUT2D eigenvalue weighted by atomic mass is 35.5. The molecule has 2 aromatic carbocycles. The number of aryl methyl sites for hydroxylation is 2. The lowest BCUT2D eigenvalue weighted by Gasteiger charge is -2.09. The van der Waals surface area contributed by atoms with Crippen LogP contribution in [0.15, 0.2) is 48.0 Å². The molecule has 0 radical (unpaired) electrons. The van der Waals surface area contributed by atoms with Crippen molar-refractivity contribution in [2.24, 2.45) is 4.99 Å². The molecule has 0 aliphatic heterocycles. The van der Waals surface area contributed by atoms with Crippen molar-refractivity contribution in [2.75, 3.05) is 6.61 Å². The minimum atomic E-state index is 0.357. The monoisotopic (exact) mass is 333 g/mol. The molecule has 0 atom stereocenters. The van der Waals surface area contributed by atoms with Crippen molar-refractivity contribution in [2.45, 2.75) is 13.8 Å². The fourth-order valence-corrected chi connectivity index (χ4v) is 2.64. The molecule has 2 nitrogen and oxygen atoms in total. The first-order valence-electron chi connectivity index (χ1n) is 6.85. The van der Waals surface area contributed by atoms with Crippen LogP contribution in [0.4, 0.5) is 5.69 Å². The molecule has 0 saturated carbocycles. The second-order valence-corrected chi connectivity index (χ2v) is 5.78. The van der Waals surface area contributed by atoms with Crippen LogP contribution in [-0.4, -0.2) is 12.8 Å². The van der Waals surface area contributed by atoms with E-state index in [-0.39, 0.29) is 0 Å². The highest BCUT2D eigenvalue weighted by Crippen LogP contribution is 2.34. The molecule has 0 fully saturated rings. The smallest absolute Gasteiger partial charge is 0.156 e.